The van der Waals surface area contributed by atoms with Crippen LogP contribution in [0.25, 0.3) is 0 Å². The number of piperidine rings is 1. The normalized spacial score (nSPS) is 16.0. The maximum atomic E-state index is 11.5. The molecule has 7 heteroatoms. The van der Waals surface area contributed by atoms with Gasteiger partial charge in [0.2, 0.25) is 5.78 Å². The Labute approximate surface area is 152 Å². The standard InChI is InChI=1S/C19H22N4O3/c24-18(12-22-25)17-10-20-19(21-11-17)26-14-16-6-8-23(9-7-16)13-15-4-2-1-3-5-15/h1-5,10-12,16,25H,6-9,13-14H2. The predicted octanol–water partition coefficient (Wildman–Crippen LogP) is 2.41. The first-order valence-electron chi connectivity index (χ1n) is 8.67. The molecule has 2 heterocycles. The Morgan fingerprint density at radius 1 is 1.23 bits per heavy atom. The van der Waals surface area contributed by atoms with Crippen LogP contribution in [-0.4, -0.2) is 51.8 Å². The number of nitrogens with zero attached hydrogens (tertiary/aromatic N) is 4. The highest BCUT2D eigenvalue weighted by Gasteiger charge is 2.20. The first-order valence-corrected chi connectivity index (χ1v) is 8.67. The molecule has 0 atom stereocenters. The molecule has 0 saturated carbocycles. The van der Waals surface area contributed by atoms with Crippen molar-refractivity contribution in [2.24, 2.45) is 11.1 Å². The number of Topliss-reactive ketones (excluding diaryl/α,β-unsaturated/α-hetero) is 1. The maximum absolute atomic E-state index is 11.5. The van der Waals surface area contributed by atoms with Crippen LogP contribution >= 0.6 is 0 Å². The number of likely N-dealkylation sites (tertiary alicyclic amines) is 1. The third-order valence-electron chi connectivity index (χ3n) is 4.49. The number of benzene rings is 1. The van der Waals surface area contributed by atoms with Gasteiger partial charge in [0.05, 0.1) is 12.2 Å². The molecular formula is C19H22N4O3. The maximum Gasteiger partial charge on any atom is 0.316 e. The van der Waals surface area contributed by atoms with Gasteiger partial charge in [-0.1, -0.05) is 35.5 Å². The van der Waals surface area contributed by atoms with E-state index in [2.05, 4.69) is 44.3 Å². The summed E-state index contributed by atoms with van der Waals surface area (Å²) in [6.45, 7) is 3.67. The van der Waals surface area contributed by atoms with Crippen LogP contribution in [0, 0.1) is 5.92 Å². The first-order chi connectivity index (χ1) is 12.7. The van der Waals surface area contributed by atoms with Gasteiger partial charge in [0.1, 0.15) is 6.21 Å². The van der Waals surface area contributed by atoms with Gasteiger partial charge < -0.3 is 9.94 Å². The molecule has 1 aliphatic heterocycles. The van der Waals surface area contributed by atoms with E-state index in [-0.39, 0.29) is 11.6 Å². The van der Waals surface area contributed by atoms with E-state index >= 15 is 0 Å². The Morgan fingerprint density at radius 3 is 2.58 bits per heavy atom. The number of hydrogen-bond donors (Lipinski definition) is 1. The fraction of sp³-hybridized carbons (Fsp3) is 0.368. The molecule has 136 valence electrons. The van der Waals surface area contributed by atoms with Crippen LogP contribution in [0.3, 0.4) is 0 Å². The zero-order chi connectivity index (χ0) is 18.2. The Bertz CT molecular complexity index is 726. The average Bonchev–Trinajstić information content (AvgIpc) is 2.69. The quantitative estimate of drug-likeness (QED) is 0.356. The number of carbonyl (C=O) groups is 1. The molecule has 7 nitrogen and oxygen atoms in total. The zero-order valence-corrected chi connectivity index (χ0v) is 14.5. The fourth-order valence-corrected chi connectivity index (χ4v) is 2.99. The molecule has 3 rings (SSSR count). The third kappa shape index (κ3) is 5.10. The molecule has 1 aromatic carbocycles. The highest BCUT2D eigenvalue weighted by atomic mass is 16.5. The van der Waals surface area contributed by atoms with E-state index in [9.17, 15) is 4.79 Å². The Hall–Kier alpha value is -2.80. The lowest BCUT2D eigenvalue weighted by Crippen LogP contribution is -2.35. The van der Waals surface area contributed by atoms with E-state index in [1.165, 1.54) is 18.0 Å². The molecule has 26 heavy (non-hydrogen) atoms. The van der Waals surface area contributed by atoms with Crippen molar-refractivity contribution in [3.8, 4) is 6.01 Å². The van der Waals surface area contributed by atoms with Crippen molar-refractivity contribution < 1.29 is 14.7 Å². The number of aromatic nitrogens is 2. The second-order valence-electron chi connectivity index (χ2n) is 6.38. The lowest BCUT2D eigenvalue weighted by atomic mass is 9.97. The Kier molecular flexibility index (Phi) is 6.27. The van der Waals surface area contributed by atoms with Gasteiger partial charge in [0, 0.05) is 18.9 Å². The highest BCUT2D eigenvalue weighted by Crippen LogP contribution is 2.19. The van der Waals surface area contributed by atoms with Crippen molar-refractivity contribution in [3.05, 3.63) is 53.9 Å². The summed E-state index contributed by atoms with van der Waals surface area (Å²) in [6, 6.07) is 10.8. The predicted molar refractivity (Wildman–Crippen MR) is 96.6 cm³/mol. The second-order valence-corrected chi connectivity index (χ2v) is 6.38. The second kappa shape index (κ2) is 9.05. The van der Waals surface area contributed by atoms with E-state index in [4.69, 9.17) is 9.94 Å². The molecule has 1 aromatic heterocycles. The first kappa shape index (κ1) is 18.0. The van der Waals surface area contributed by atoms with Crippen molar-refractivity contribution in [1.29, 1.82) is 0 Å². The number of hydrogen-bond acceptors (Lipinski definition) is 7. The van der Waals surface area contributed by atoms with Crippen LogP contribution in [0.2, 0.25) is 0 Å². The van der Waals surface area contributed by atoms with Crippen LogP contribution in [0.5, 0.6) is 6.01 Å². The average molecular weight is 354 g/mol. The summed E-state index contributed by atoms with van der Waals surface area (Å²) in [7, 11) is 0. The largest absolute Gasteiger partial charge is 0.463 e. The van der Waals surface area contributed by atoms with Gasteiger partial charge in [-0.05, 0) is 37.4 Å². The smallest absolute Gasteiger partial charge is 0.316 e. The Balaban J connectivity index is 1.41. The van der Waals surface area contributed by atoms with E-state index < -0.39 is 5.78 Å². The van der Waals surface area contributed by atoms with E-state index in [0.29, 0.717) is 12.5 Å². The van der Waals surface area contributed by atoms with Crippen LogP contribution in [-0.2, 0) is 6.54 Å². The summed E-state index contributed by atoms with van der Waals surface area (Å²) in [5.74, 6) is 0.0262. The van der Waals surface area contributed by atoms with Gasteiger partial charge in [0.15, 0.2) is 0 Å². The van der Waals surface area contributed by atoms with Crippen molar-refractivity contribution in [1.82, 2.24) is 14.9 Å². The monoisotopic (exact) mass is 354 g/mol. The molecule has 0 radical (unpaired) electrons. The van der Waals surface area contributed by atoms with E-state index in [1.54, 1.807) is 0 Å². The van der Waals surface area contributed by atoms with E-state index in [1.807, 2.05) is 6.07 Å². The number of oxime groups is 1. The highest BCUT2D eigenvalue weighted by molar-refractivity contribution is 6.35. The minimum Gasteiger partial charge on any atom is -0.463 e. The topological polar surface area (TPSA) is 87.9 Å². The molecule has 1 N–H and O–H groups in total. The van der Waals surface area contributed by atoms with Crippen molar-refractivity contribution in [3.63, 3.8) is 0 Å². The summed E-state index contributed by atoms with van der Waals surface area (Å²) < 4.78 is 5.66. The van der Waals surface area contributed by atoms with Crippen molar-refractivity contribution >= 4 is 12.0 Å². The molecule has 0 unspecified atom stereocenters. The van der Waals surface area contributed by atoms with Crippen LogP contribution in [0.15, 0.2) is 47.9 Å². The summed E-state index contributed by atoms with van der Waals surface area (Å²) in [6.07, 6.45) is 5.71. The molecular weight excluding hydrogens is 332 g/mol. The van der Waals surface area contributed by atoms with Crippen LogP contribution in [0.4, 0.5) is 0 Å². The zero-order valence-electron chi connectivity index (χ0n) is 14.5. The number of rotatable bonds is 7. The minimum absolute atomic E-state index is 0.254. The molecule has 1 saturated heterocycles. The third-order valence-corrected chi connectivity index (χ3v) is 4.49. The molecule has 1 fully saturated rings. The number of ether oxygens (including phenoxy) is 1. The summed E-state index contributed by atoms with van der Waals surface area (Å²) in [4.78, 5) is 22.0. The van der Waals surface area contributed by atoms with Gasteiger partial charge in [-0.2, -0.15) is 0 Å². The SMILES string of the molecule is O=C(C=NO)c1cnc(OCC2CCN(Cc3ccccc3)CC2)nc1. The van der Waals surface area contributed by atoms with Gasteiger partial charge >= 0.3 is 6.01 Å². The van der Waals surface area contributed by atoms with Gasteiger partial charge in [-0.3, -0.25) is 9.69 Å². The summed E-state index contributed by atoms with van der Waals surface area (Å²) in [5.41, 5.74) is 1.60. The lowest BCUT2D eigenvalue weighted by Gasteiger charge is -2.31. The minimum atomic E-state index is -0.454. The van der Waals surface area contributed by atoms with Gasteiger partial charge in [-0.25, -0.2) is 9.97 Å². The fourth-order valence-electron chi connectivity index (χ4n) is 2.99. The molecule has 1 aliphatic rings. The van der Waals surface area contributed by atoms with Crippen molar-refractivity contribution in [2.45, 2.75) is 19.4 Å². The van der Waals surface area contributed by atoms with Crippen molar-refractivity contribution in [2.75, 3.05) is 19.7 Å². The molecule has 0 aliphatic carbocycles. The number of carbonyl (C=O) groups excluding carboxylic acids is 1. The van der Waals surface area contributed by atoms with Gasteiger partial charge in [0.25, 0.3) is 0 Å². The lowest BCUT2D eigenvalue weighted by molar-refractivity contribution is 0.106. The van der Waals surface area contributed by atoms with Gasteiger partial charge in [-0.15, -0.1) is 0 Å². The summed E-state index contributed by atoms with van der Waals surface area (Å²) in [5, 5.41) is 11.1. The molecule has 0 amide bonds. The van der Waals surface area contributed by atoms with Crippen LogP contribution < -0.4 is 4.74 Å². The number of ketones is 1. The van der Waals surface area contributed by atoms with E-state index in [0.717, 1.165) is 38.7 Å². The van der Waals surface area contributed by atoms with Crippen LogP contribution in [0.1, 0.15) is 28.8 Å². The molecule has 0 bridgehead atoms. The molecule has 2 aromatic rings. The summed E-state index contributed by atoms with van der Waals surface area (Å²) >= 11 is 0. The Morgan fingerprint density at radius 2 is 1.92 bits per heavy atom. The molecule has 0 spiro atoms.